The largest absolute Gasteiger partial charge is 0.456 e. The molecule has 9 heteroatoms. The van der Waals surface area contributed by atoms with E-state index in [0.717, 1.165) is 11.1 Å². The highest BCUT2D eigenvalue weighted by molar-refractivity contribution is 7.91. The minimum atomic E-state index is -3.63. The molecule has 0 saturated carbocycles. The number of benzene rings is 2. The average molecular weight is 418 g/mol. The summed E-state index contributed by atoms with van der Waals surface area (Å²) in [6.07, 6.45) is -0.399. The van der Waals surface area contributed by atoms with Crippen molar-refractivity contribution in [3.63, 3.8) is 0 Å². The Morgan fingerprint density at radius 3 is 2.28 bits per heavy atom. The predicted octanol–water partition coefficient (Wildman–Crippen LogP) is 1.73. The van der Waals surface area contributed by atoms with E-state index in [-0.39, 0.29) is 11.4 Å². The van der Waals surface area contributed by atoms with Gasteiger partial charge in [0.2, 0.25) is 0 Å². The van der Waals surface area contributed by atoms with Gasteiger partial charge in [-0.3, -0.25) is 14.9 Å². The maximum absolute atomic E-state index is 12.2. The Kier molecular flexibility index (Phi) is 7.90. The third-order valence-corrected chi connectivity index (χ3v) is 5.60. The number of rotatable bonds is 8. The number of amides is 3. The van der Waals surface area contributed by atoms with E-state index in [1.165, 1.54) is 12.1 Å². The molecule has 8 nitrogen and oxygen atoms in total. The predicted molar refractivity (Wildman–Crippen MR) is 106 cm³/mol. The van der Waals surface area contributed by atoms with Crippen LogP contribution in [0.15, 0.2) is 59.5 Å². The van der Waals surface area contributed by atoms with Crippen LogP contribution in [0.3, 0.4) is 0 Å². The first-order valence-corrected chi connectivity index (χ1v) is 10.5. The molecule has 0 unspecified atom stereocenters. The Balaban J connectivity index is 1.69. The highest BCUT2D eigenvalue weighted by Gasteiger charge is 2.18. The third kappa shape index (κ3) is 7.74. The Morgan fingerprint density at radius 2 is 1.62 bits per heavy atom. The Bertz CT molecular complexity index is 956. The van der Waals surface area contributed by atoms with Crippen LogP contribution >= 0.6 is 0 Å². The number of nitrogens with one attached hydrogen (secondary N) is 2. The Labute approximate surface area is 169 Å². The molecule has 0 heterocycles. The van der Waals surface area contributed by atoms with Crippen molar-refractivity contribution >= 4 is 27.7 Å². The third-order valence-electron chi connectivity index (χ3n) is 3.87. The highest BCUT2D eigenvalue weighted by Crippen LogP contribution is 2.13. The molecule has 2 rings (SSSR count). The van der Waals surface area contributed by atoms with Crippen molar-refractivity contribution < 1.29 is 27.5 Å². The zero-order valence-corrected chi connectivity index (χ0v) is 16.7. The summed E-state index contributed by atoms with van der Waals surface area (Å²) in [5.74, 6) is -2.10. The van der Waals surface area contributed by atoms with E-state index in [1.807, 2.05) is 42.6 Å². The second-order valence-electron chi connectivity index (χ2n) is 6.26. The maximum Gasteiger partial charge on any atom is 0.321 e. The van der Waals surface area contributed by atoms with Crippen LogP contribution < -0.4 is 10.6 Å². The standard InChI is InChI=1S/C20H22N2O6S/c1-15-7-9-17(10-8-15)29(26,27)12-11-19(24)28-14-18(23)22-20(25)21-13-16-5-3-2-4-6-16/h2-10H,11-14H2,1H3,(H2,21,22,23,25). The van der Waals surface area contributed by atoms with Crippen LogP contribution in [0.25, 0.3) is 0 Å². The Hall–Kier alpha value is -3.20. The summed E-state index contributed by atoms with van der Waals surface area (Å²) in [6.45, 7) is 1.39. The van der Waals surface area contributed by atoms with Gasteiger partial charge >= 0.3 is 12.0 Å². The summed E-state index contributed by atoms with van der Waals surface area (Å²) >= 11 is 0. The van der Waals surface area contributed by atoms with E-state index in [9.17, 15) is 22.8 Å². The number of urea groups is 1. The molecule has 0 spiro atoms. The smallest absolute Gasteiger partial charge is 0.321 e. The number of ether oxygens (including phenoxy) is 1. The Morgan fingerprint density at radius 1 is 0.966 bits per heavy atom. The normalized spacial score (nSPS) is 10.8. The van der Waals surface area contributed by atoms with Gasteiger partial charge in [-0.1, -0.05) is 48.0 Å². The quantitative estimate of drug-likeness (QED) is 0.630. The minimum absolute atomic E-state index is 0.115. The van der Waals surface area contributed by atoms with Gasteiger partial charge in [-0.2, -0.15) is 0 Å². The zero-order chi connectivity index (χ0) is 21.3. The van der Waals surface area contributed by atoms with Crippen LogP contribution in [-0.4, -0.2) is 38.7 Å². The van der Waals surface area contributed by atoms with E-state index in [1.54, 1.807) is 12.1 Å². The van der Waals surface area contributed by atoms with Crippen LogP contribution in [0, 0.1) is 6.92 Å². The molecule has 0 aromatic heterocycles. The average Bonchev–Trinajstić information content (AvgIpc) is 2.70. The van der Waals surface area contributed by atoms with Gasteiger partial charge in [-0.25, -0.2) is 13.2 Å². The van der Waals surface area contributed by atoms with E-state index >= 15 is 0 Å². The van der Waals surface area contributed by atoms with Crippen molar-refractivity contribution in [2.24, 2.45) is 0 Å². The van der Waals surface area contributed by atoms with Gasteiger partial charge in [-0.05, 0) is 24.6 Å². The second-order valence-corrected chi connectivity index (χ2v) is 8.37. The first-order chi connectivity index (χ1) is 13.8. The van der Waals surface area contributed by atoms with Crippen molar-refractivity contribution in [1.82, 2.24) is 10.6 Å². The van der Waals surface area contributed by atoms with E-state index in [0.29, 0.717) is 0 Å². The number of carbonyl (C=O) groups is 3. The van der Waals surface area contributed by atoms with Gasteiger partial charge < -0.3 is 10.1 Å². The molecule has 0 aliphatic carbocycles. The van der Waals surface area contributed by atoms with Crippen molar-refractivity contribution in [3.05, 3.63) is 65.7 Å². The topological polar surface area (TPSA) is 119 Å². The lowest BCUT2D eigenvalue weighted by Crippen LogP contribution is -2.41. The number of imide groups is 1. The fourth-order valence-electron chi connectivity index (χ4n) is 2.28. The molecular formula is C20H22N2O6S. The summed E-state index contributed by atoms with van der Waals surface area (Å²) in [6, 6.07) is 14.6. The van der Waals surface area contributed by atoms with Crippen LogP contribution in [0.4, 0.5) is 4.79 Å². The fourth-order valence-corrected chi connectivity index (χ4v) is 3.51. The van der Waals surface area contributed by atoms with Crippen LogP contribution in [0.5, 0.6) is 0 Å². The van der Waals surface area contributed by atoms with Crippen LogP contribution in [0.1, 0.15) is 17.5 Å². The summed E-state index contributed by atoms with van der Waals surface area (Å²) in [5.41, 5.74) is 1.78. The summed E-state index contributed by atoms with van der Waals surface area (Å²) in [7, 11) is -3.63. The molecule has 0 bridgehead atoms. The van der Waals surface area contributed by atoms with Gasteiger partial charge in [0.15, 0.2) is 16.4 Å². The van der Waals surface area contributed by atoms with Crippen LogP contribution in [-0.2, 0) is 30.7 Å². The van der Waals surface area contributed by atoms with Crippen molar-refractivity contribution in [1.29, 1.82) is 0 Å². The minimum Gasteiger partial charge on any atom is -0.456 e. The number of sulfone groups is 1. The molecule has 0 radical (unpaired) electrons. The zero-order valence-electron chi connectivity index (χ0n) is 15.9. The number of hydrogen-bond acceptors (Lipinski definition) is 6. The van der Waals surface area contributed by atoms with Gasteiger partial charge in [0.25, 0.3) is 5.91 Å². The number of aryl methyl sites for hydroxylation is 1. The number of hydrogen-bond donors (Lipinski definition) is 2. The van der Waals surface area contributed by atoms with Crippen LogP contribution in [0.2, 0.25) is 0 Å². The number of esters is 1. The van der Waals surface area contributed by atoms with Gasteiger partial charge in [0.1, 0.15) is 0 Å². The molecular weight excluding hydrogens is 396 g/mol. The first-order valence-electron chi connectivity index (χ1n) is 8.83. The summed E-state index contributed by atoms with van der Waals surface area (Å²) in [4.78, 5) is 35.1. The molecule has 29 heavy (non-hydrogen) atoms. The highest BCUT2D eigenvalue weighted by atomic mass is 32.2. The monoisotopic (exact) mass is 418 g/mol. The number of carbonyl (C=O) groups excluding carboxylic acids is 3. The maximum atomic E-state index is 12.2. The van der Waals surface area contributed by atoms with E-state index in [2.05, 4.69) is 5.32 Å². The molecule has 154 valence electrons. The SMILES string of the molecule is Cc1ccc(S(=O)(=O)CCC(=O)OCC(=O)NC(=O)NCc2ccccc2)cc1. The molecule has 0 saturated heterocycles. The van der Waals surface area contributed by atoms with Gasteiger partial charge in [0.05, 0.1) is 17.1 Å². The van der Waals surface area contributed by atoms with Crippen molar-refractivity contribution in [2.45, 2.75) is 24.8 Å². The summed E-state index contributed by atoms with van der Waals surface area (Å²) in [5, 5.41) is 4.52. The molecule has 2 aromatic rings. The molecule has 2 aromatic carbocycles. The lowest BCUT2D eigenvalue weighted by Gasteiger charge is -2.08. The molecule has 0 atom stereocenters. The summed E-state index contributed by atoms with van der Waals surface area (Å²) < 4.78 is 29.1. The lowest BCUT2D eigenvalue weighted by molar-refractivity contribution is -0.147. The molecule has 2 N–H and O–H groups in total. The molecule has 0 aliphatic heterocycles. The van der Waals surface area contributed by atoms with E-state index in [4.69, 9.17) is 4.74 Å². The van der Waals surface area contributed by atoms with E-state index < -0.39 is 46.5 Å². The second kappa shape index (κ2) is 10.4. The fraction of sp³-hybridized carbons (Fsp3) is 0.250. The molecule has 3 amide bonds. The van der Waals surface area contributed by atoms with Crippen molar-refractivity contribution in [2.75, 3.05) is 12.4 Å². The van der Waals surface area contributed by atoms with Crippen molar-refractivity contribution in [3.8, 4) is 0 Å². The van der Waals surface area contributed by atoms with Gasteiger partial charge in [-0.15, -0.1) is 0 Å². The molecule has 0 aliphatic rings. The lowest BCUT2D eigenvalue weighted by atomic mass is 10.2. The molecule has 0 fully saturated rings. The van der Waals surface area contributed by atoms with Gasteiger partial charge in [0, 0.05) is 6.54 Å². The first kappa shape index (κ1) is 22.1.